The minimum atomic E-state index is 0.853. The van der Waals surface area contributed by atoms with Gasteiger partial charge in [0.15, 0.2) is 0 Å². The third-order valence-electron chi connectivity index (χ3n) is 2.10. The summed E-state index contributed by atoms with van der Waals surface area (Å²) in [5.41, 5.74) is 1.12. The summed E-state index contributed by atoms with van der Waals surface area (Å²) in [4.78, 5) is 0. The van der Waals surface area contributed by atoms with E-state index in [0.29, 0.717) is 0 Å². The number of hydrogen-bond acceptors (Lipinski definition) is 2. The molecule has 2 aromatic rings. The molecule has 2 heteroatoms. The highest BCUT2D eigenvalue weighted by molar-refractivity contribution is 5.67. The fourth-order valence-corrected chi connectivity index (χ4v) is 1.28. The smallest absolute Gasteiger partial charge is 0.126 e. The van der Waals surface area contributed by atoms with Gasteiger partial charge in [0.1, 0.15) is 11.5 Å². The Kier molecular flexibility index (Phi) is 2.88. The molecule has 1 aromatic carbocycles. The quantitative estimate of drug-likeness (QED) is 0.757. The van der Waals surface area contributed by atoms with Crippen LogP contribution in [0.4, 0.5) is 0 Å². The van der Waals surface area contributed by atoms with Crippen LogP contribution < -0.4 is 4.74 Å². The minimum absolute atomic E-state index is 0.853. The second-order valence-corrected chi connectivity index (χ2v) is 3.12. The molecule has 0 aliphatic carbocycles. The van der Waals surface area contributed by atoms with Crippen LogP contribution in [-0.4, -0.2) is 7.11 Å². The van der Waals surface area contributed by atoms with E-state index < -0.39 is 0 Å². The number of methoxy groups -OCH3 is 1. The van der Waals surface area contributed by atoms with Gasteiger partial charge in [0.25, 0.3) is 0 Å². The van der Waals surface area contributed by atoms with E-state index >= 15 is 0 Å². The molecule has 76 valence electrons. The molecule has 2 rings (SSSR count). The molecule has 0 aliphatic heterocycles. The Hall–Kier alpha value is -1.96. The van der Waals surface area contributed by atoms with E-state index in [0.717, 1.165) is 17.1 Å². The second-order valence-electron chi connectivity index (χ2n) is 3.12. The summed E-state index contributed by atoms with van der Waals surface area (Å²) in [6, 6.07) is 11.6. The predicted octanol–water partition coefficient (Wildman–Crippen LogP) is 3.46. The van der Waals surface area contributed by atoms with Gasteiger partial charge in [-0.15, -0.1) is 0 Å². The van der Waals surface area contributed by atoms with Crippen molar-refractivity contribution in [2.24, 2.45) is 0 Å². The summed E-state index contributed by atoms with van der Waals surface area (Å²) < 4.78 is 10.3. The largest absolute Gasteiger partial charge is 0.497 e. The lowest BCUT2D eigenvalue weighted by atomic mass is 10.2. The lowest BCUT2D eigenvalue weighted by Gasteiger charge is -1.98. The fourth-order valence-electron chi connectivity index (χ4n) is 1.28. The van der Waals surface area contributed by atoms with Crippen LogP contribution >= 0.6 is 0 Å². The first-order chi connectivity index (χ1) is 7.38. The molecule has 1 heterocycles. The third kappa shape index (κ3) is 2.50. The molecule has 0 saturated heterocycles. The van der Waals surface area contributed by atoms with Crippen LogP contribution in [0.3, 0.4) is 0 Å². The van der Waals surface area contributed by atoms with Crippen LogP contribution in [0.2, 0.25) is 0 Å². The van der Waals surface area contributed by atoms with E-state index in [4.69, 9.17) is 9.15 Å². The third-order valence-corrected chi connectivity index (χ3v) is 2.10. The van der Waals surface area contributed by atoms with Crippen molar-refractivity contribution in [3.63, 3.8) is 0 Å². The first-order valence-corrected chi connectivity index (χ1v) is 4.74. The van der Waals surface area contributed by atoms with E-state index in [-0.39, 0.29) is 0 Å². The molecule has 0 atom stereocenters. The van der Waals surface area contributed by atoms with Crippen LogP contribution in [0.15, 0.2) is 47.1 Å². The number of hydrogen-bond donors (Lipinski definition) is 0. The van der Waals surface area contributed by atoms with Gasteiger partial charge in [-0.05, 0) is 35.9 Å². The van der Waals surface area contributed by atoms with Gasteiger partial charge in [0, 0.05) is 0 Å². The topological polar surface area (TPSA) is 22.4 Å². The van der Waals surface area contributed by atoms with Gasteiger partial charge < -0.3 is 9.15 Å². The van der Waals surface area contributed by atoms with Gasteiger partial charge in [-0.3, -0.25) is 0 Å². The van der Waals surface area contributed by atoms with E-state index in [2.05, 4.69) is 0 Å². The Balaban J connectivity index is 2.11. The standard InChI is InChI=1S/C13H12O2/c1-14-12-7-4-11(5-8-12)6-9-13-3-2-10-15-13/h2-10H,1H3/b9-6+. The van der Waals surface area contributed by atoms with Crippen molar-refractivity contribution in [3.8, 4) is 5.75 Å². The van der Waals surface area contributed by atoms with Crippen LogP contribution in [0.25, 0.3) is 12.2 Å². The molecule has 2 nitrogen and oxygen atoms in total. The first-order valence-electron chi connectivity index (χ1n) is 4.74. The second kappa shape index (κ2) is 4.51. The zero-order valence-corrected chi connectivity index (χ0v) is 8.51. The lowest BCUT2D eigenvalue weighted by Crippen LogP contribution is -1.81. The maximum Gasteiger partial charge on any atom is 0.126 e. The van der Waals surface area contributed by atoms with Gasteiger partial charge in [-0.1, -0.05) is 18.2 Å². The Labute approximate surface area is 88.8 Å². The molecule has 0 amide bonds. The maximum absolute atomic E-state index is 5.19. The monoisotopic (exact) mass is 200 g/mol. The van der Waals surface area contributed by atoms with Gasteiger partial charge in [-0.2, -0.15) is 0 Å². The molecule has 15 heavy (non-hydrogen) atoms. The number of ether oxygens (including phenoxy) is 1. The van der Waals surface area contributed by atoms with Gasteiger partial charge in [0.05, 0.1) is 13.4 Å². The SMILES string of the molecule is COc1ccc(/C=C/c2ccco2)cc1. The molecular weight excluding hydrogens is 188 g/mol. The van der Waals surface area contributed by atoms with Crippen molar-refractivity contribution in [2.45, 2.75) is 0 Å². The van der Waals surface area contributed by atoms with E-state index in [1.54, 1.807) is 13.4 Å². The van der Waals surface area contributed by atoms with E-state index in [9.17, 15) is 0 Å². The summed E-state index contributed by atoms with van der Waals surface area (Å²) in [5, 5.41) is 0. The highest BCUT2D eigenvalue weighted by atomic mass is 16.5. The van der Waals surface area contributed by atoms with Crippen LogP contribution in [0, 0.1) is 0 Å². The Morgan fingerprint density at radius 2 is 1.87 bits per heavy atom. The molecule has 0 bridgehead atoms. The van der Waals surface area contributed by atoms with Crippen molar-refractivity contribution in [1.29, 1.82) is 0 Å². The first kappa shape index (κ1) is 9.59. The Bertz CT molecular complexity index is 424. The number of rotatable bonds is 3. The average Bonchev–Trinajstić information content (AvgIpc) is 2.80. The number of benzene rings is 1. The summed E-state index contributed by atoms with van der Waals surface area (Å²) in [7, 11) is 1.66. The zero-order valence-electron chi connectivity index (χ0n) is 8.51. The Morgan fingerprint density at radius 1 is 1.07 bits per heavy atom. The average molecular weight is 200 g/mol. The normalized spacial score (nSPS) is 10.7. The molecule has 0 N–H and O–H groups in total. The molecule has 0 spiro atoms. The van der Waals surface area contributed by atoms with Gasteiger partial charge in [0.2, 0.25) is 0 Å². The van der Waals surface area contributed by atoms with Crippen molar-refractivity contribution >= 4 is 12.2 Å². The van der Waals surface area contributed by atoms with Crippen LogP contribution in [0.1, 0.15) is 11.3 Å². The van der Waals surface area contributed by atoms with Crippen molar-refractivity contribution in [1.82, 2.24) is 0 Å². The zero-order chi connectivity index (χ0) is 10.5. The lowest BCUT2D eigenvalue weighted by molar-refractivity contribution is 0.415. The summed E-state index contributed by atoms with van der Waals surface area (Å²) in [6.45, 7) is 0. The summed E-state index contributed by atoms with van der Waals surface area (Å²) >= 11 is 0. The molecular formula is C13H12O2. The van der Waals surface area contributed by atoms with Gasteiger partial charge >= 0.3 is 0 Å². The highest BCUT2D eigenvalue weighted by Crippen LogP contribution is 2.13. The minimum Gasteiger partial charge on any atom is -0.497 e. The van der Waals surface area contributed by atoms with Crippen molar-refractivity contribution in [3.05, 3.63) is 54.0 Å². The molecule has 0 saturated carbocycles. The summed E-state index contributed by atoms with van der Waals surface area (Å²) in [5.74, 6) is 1.72. The molecule has 0 fully saturated rings. The molecule has 0 unspecified atom stereocenters. The predicted molar refractivity (Wildman–Crippen MR) is 60.6 cm³/mol. The van der Waals surface area contributed by atoms with E-state index in [1.165, 1.54) is 0 Å². The Morgan fingerprint density at radius 3 is 2.47 bits per heavy atom. The maximum atomic E-state index is 5.19. The fraction of sp³-hybridized carbons (Fsp3) is 0.0769. The van der Waals surface area contributed by atoms with Crippen LogP contribution in [0.5, 0.6) is 5.75 Å². The molecule has 0 radical (unpaired) electrons. The van der Waals surface area contributed by atoms with Crippen molar-refractivity contribution < 1.29 is 9.15 Å². The molecule has 0 aliphatic rings. The van der Waals surface area contributed by atoms with Crippen LogP contribution in [-0.2, 0) is 0 Å². The number of furan rings is 1. The highest BCUT2D eigenvalue weighted by Gasteiger charge is 1.91. The molecule has 1 aromatic heterocycles. The van der Waals surface area contributed by atoms with E-state index in [1.807, 2.05) is 48.6 Å². The van der Waals surface area contributed by atoms with Gasteiger partial charge in [-0.25, -0.2) is 0 Å². The van der Waals surface area contributed by atoms with Crippen molar-refractivity contribution in [2.75, 3.05) is 7.11 Å². The summed E-state index contributed by atoms with van der Waals surface area (Å²) in [6.07, 6.45) is 5.59.